The Bertz CT molecular complexity index is 367. The van der Waals surface area contributed by atoms with Gasteiger partial charge in [0.05, 0.1) is 0 Å². The van der Waals surface area contributed by atoms with Crippen molar-refractivity contribution in [1.82, 2.24) is 5.32 Å². The second kappa shape index (κ2) is 5.19. The lowest BCUT2D eigenvalue weighted by Crippen LogP contribution is -2.37. The molecule has 1 aromatic rings. The lowest BCUT2D eigenvalue weighted by Gasteiger charge is -2.25. The van der Waals surface area contributed by atoms with E-state index in [9.17, 15) is 10.0 Å². The molecule has 1 unspecified atom stereocenters. The molecule has 3 nitrogen and oxygen atoms in total. The van der Waals surface area contributed by atoms with Gasteiger partial charge in [0.1, 0.15) is 0 Å². The van der Waals surface area contributed by atoms with E-state index in [-0.39, 0.29) is 0 Å². The average Bonchev–Trinajstić information content (AvgIpc) is 2.29. The topological polar surface area (TPSA) is 52.5 Å². The molecule has 0 saturated carbocycles. The Morgan fingerprint density at radius 1 is 1.38 bits per heavy atom. The Morgan fingerprint density at radius 2 is 2.19 bits per heavy atom. The third kappa shape index (κ3) is 2.58. The van der Waals surface area contributed by atoms with Crippen LogP contribution >= 0.6 is 11.6 Å². The van der Waals surface area contributed by atoms with E-state index >= 15 is 0 Å². The van der Waals surface area contributed by atoms with E-state index in [0.717, 1.165) is 31.5 Å². The highest BCUT2D eigenvalue weighted by Crippen LogP contribution is 2.24. The van der Waals surface area contributed by atoms with Crippen LogP contribution in [0.3, 0.4) is 0 Å². The van der Waals surface area contributed by atoms with E-state index in [4.69, 9.17) is 11.6 Å². The van der Waals surface area contributed by atoms with Gasteiger partial charge in [0, 0.05) is 11.6 Å². The molecule has 1 atom stereocenters. The van der Waals surface area contributed by atoms with Crippen LogP contribution in [0.15, 0.2) is 18.2 Å². The number of hydrogen-bond donors (Lipinski definition) is 3. The van der Waals surface area contributed by atoms with Crippen LogP contribution in [-0.2, 0) is 0 Å². The smallest absolute Gasteiger partial charge is 0.423 e. The van der Waals surface area contributed by atoms with Gasteiger partial charge < -0.3 is 15.4 Å². The fourth-order valence-corrected chi connectivity index (χ4v) is 2.43. The number of hydrogen-bond acceptors (Lipinski definition) is 3. The lowest BCUT2D eigenvalue weighted by atomic mass is 9.73. The first kappa shape index (κ1) is 11.9. The predicted octanol–water partition coefficient (Wildman–Crippen LogP) is 0.487. The van der Waals surface area contributed by atoms with Crippen molar-refractivity contribution >= 4 is 24.2 Å². The van der Waals surface area contributed by atoms with Gasteiger partial charge in [-0.3, -0.25) is 0 Å². The summed E-state index contributed by atoms with van der Waals surface area (Å²) in [7, 11) is -1.42. The molecule has 0 aliphatic carbocycles. The lowest BCUT2D eigenvalue weighted by molar-refractivity contribution is 0.422. The molecule has 1 aromatic carbocycles. The second-order valence-electron chi connectivity index (χ2n) is 4.19. The number of benzene rings is 1. The van der Waals surface area contributed by atoms with Gasteiger partial charge in [-0.1, -0.05) is 17.7 Å². The van der Waals surface area contributed by atoms with Gasteiger partial charge in [0.25, 0.3) is 0 Å². The fraction of sp³-hybridized carbons (Fsp3) is 0.455. The highest BCUT2D eigenvalue weighted by molar-refractivity contribution is 6.59. The molecule has 3 N–H and O–H groups in total. The predicted molar refractivity (Wildman–Crippen MR) is 66.1 cm³/mol. The third-order valence-electron chi connectivity index (χ3n) is 3.06. The maximum atomic E-state index is 9.32. The van der Waals surface area contributed by atoms with Gasteiger partial charge >= 0.3 is 7.12 Å². The number of nitrogens with one attached hydrogen (secondary N) is 1. The van der Waals surface area contributed by atoms with Gasteiger partial charge in [-0.25, -0.2) is 0 Å². The second-order valence-corrected chi connectivity index (χ2v) is 4.63. The minimum atomic E-state index is -1.42. The molecule has 2 rings (SSSR count). The first-order chi connectivity index (χ1) is 7.68. The normalized spacial score (nSPS) is 20.8. The number of halogens is 1. The van der Waals surface area contributed by atoms with E-state index in [1.54, 1.807) is 12.1 Å². The van der Waals surface area contributed by atoms with Crippen LogP contribution in [0.2, 0.25) is 5.02 Å². The first-order valence-electron chi connectivity index (χ1n) is 5.54. The summed E-state index contributed by atoms with van der Waals surface area (Å²) in [5, 5.41) is 22.6. The van der Waals surface area contributed by atoms with E-state index < -0.39 is 7.12 Å². The first-order valence-corrected chi connectivity index (χ1v) is 5.92. The van der Waals surface area contributed by atoms with Crippen molar-refractivity contribution in [2.75, 3.05) is 13.1 Å². The van der Waals surface area contributed by atoms with Crippen LogP contribution in [0, 0.1) is 0 Å². The van der Waals surface area contributed by atoms with Crippen molar-refractivity contribution in [1.29, 1.82) is 0 Å². The van der Waals surface area contributed by atoms with Crippen LogP contribution in [0.4, 0.5) is 0 Å². The van der Waals surface area contributed by atoms with Crippen molar-refractivity contribution in [3.63, 3.8) is 0 Å². The molecule has 0 radical (unpaired) electrons. The Balaban J connectivity index is 2.32. The molecule has 0 amide bonds. The Labute approximate surface area is 101 Å². The van der Waals surface area contributed by atoms with E-state index in [1.807, 2.05) is 6.07 Å². The van der Waals surface area contributed by atoms with Gasteiger partial charge in [0.15, 0.2) is 0 Å². The standard InChI is InChI=1S/C11H15BClNO2/c13-9-3-4-11(12(15)16)10(6-9)8-2-1-5-14-7-8/h3-4,6,8,14-16H,1-2,5,7H2. The van der Waals surface area contributed by atoms with Gasteiger partial charge in [0.2, 0.25) is 0 Å². The monoisotopic (exact) mass is 239 g/mol. The highest BCUT2D eigenvalue weighted by Gasteiger charge is 2.23. The van der Waals surface area contributed by atoms with Crippen LogP contribution in [0.5, 0.6) is 0 Å². The number of piperidine rings is 1. The molecule has 86 valence electrons. The maximum absolute atomic E-state index is 9.32. The fourth-order valence-electron chi connectivity index (χ4n) is 2.25. The molecule has 1 saturated heterocycles. The van der Waals surface area contributed by atoms with Gasteiger partial charge in [-0.15, -0.1) is 0 Å². The number of rotatable bonds is 2. The summed E-state index contributed by atoms with van der Waals surface area (Å²) in [6, 6.07) is 5.22. The zero-order chi connectivity index (χ0) is 11.5. The summed E-state index contributed by atoms with van der Waals surface area (Å²) in [5.41, 5.74) is 1.52. The van der Waals surface area contributed by atoms with Crippen molar-refractivity contribution in [2.24, 2.45) is 0 Å². The maximum Gasteiger partial charge on any atom is 0.488 e. The summed E-state index contributed by atoms with van der Waals surface area (Å²) < 4.78 is 0. The van der Waals surface area contributed by atoms with E-state index in [1.165, 1.54) is 0 Å². The Kier molecular flexibility index (Phi) is 3.87. The zero-order valence-electron chi connectivity index (χ0n) is 8.99. The minimum Gasteiger partial charge on any atom is -0.423 e. The summed E-state index contributed by atoms with van der Waals surface area (Å²) in [4.78, 5) is 0. The van der Waals surface area contributed by atoms with E-state index in [0.29, 0.717) is 16.4 Å². The molecule has 1 aliphatic heterocycles. The van der Waals surface area contributed by atoms with Crippen molar-refractivity contribution in [3.8, 4) is 0 Å². The van der Waals surface area contributed by atoms with E-state index in [2.05, 4.69) is 5.32 Å². The van der Waals surface area contributed by atoms with Crippen LogP contribution < -0.4 is 10.8 Å². The zero-order valence-corrected chi connectivity index (χ0v) is 9.74. The molecule has 1 aliphatic rings. The Morgan fingerprint density at radius 3 is 2.81 bits per heavy atom. The van der Waals surface area contributed by atoms with Crippen molar-refractivity contribution in [3.05, 3.63) is 28.8 Å². The van der Waals surface area contributed by atoms with Crippen LogP contribution in [0.25, 0.3) is 0 Å². The summed E-state index contributed by atoms with van der Waals surface area (Å²) in [5.74, 6) is 0.323. The quantitative estimate of drug-likeness (QED) is 0.658. The van der Waals surface area contributed by atoms with Crippen LogP contribution in [-0.4, -0.2) is 30.3 Å². The van der Waals surface area contributed by atoms with Crippen molar-refractivity contribution in [2.45, 2.75) is 18.8 Å². The molecule has 1 fully saturated rings. The molecular weight excluding hydrogens is 224 g/mol. The van der Waals surface area contributed by atoms with Gasteiger partial charge in [-0.2, -0.15) is 0 Å². The van der Waals surface area contributed by atoms with Crippen molar-refractivity contribution < 1.29 is 10.0 Å². The summed E-state index contributed by atoms with van der Waals surface area (Å²) >= 11 is 5.96. The third-order valence-corrected chi connectivity index (χ3v) is 3.30. The molecule has 5 heteroatoms. The molecule has 16 heavy (non-hydrogen) atoms. The highest BCUT2D eigenvalue weighted by atomic mass is 35.5. The average molecular weight is 240 g/mol. The molecule has 0 spiro atoms. The van der Waals surface area contributed by atoms with Crippen LogP contribution in [0.1, 0.15) is 24.3 Å². The molecule has 1 heterocycles. The summed E-state index contributed by atoms with van der Waals surface area (Å²) in [6.07, 6.45) is 2.17. The SMILES string of the molecule is OB(O)c1ccc(Cl)cc1C1CCCNC1. The minimum absolute atomic E-state index is 0.323. The summed E-state index contributed by atoms with van der Waals surface area (Å²) in [6.45, 7) is 1.91. The molecule has 0 bridgehead atoms. The molecular formula is C11H15BClNO2. The van der Waals surface area contributed by atoms with Gasteiger partial charge in [-0.05, 0) is 48.5 Å². The Hall–Kier alpha value is -0.545. The largest absolute Gasteiger partial charge is 0.488 e. The molecule has 0 aromatic heterocycles.